The van der Waals surface area contributed by atoms with E-state index in [2.05, 4.69) is 0 Å². The highest BCUT2D eigenvalue weighted by Gasteiger charge is 2.40. The van der Waals surface area contributed by atoms with Gasteiger partial charge in [0.05, 0.1) is 48.7 Å². The molecule has 0 amide bonds. The molecule has 4 atom stereocenters. The second-order valence-corrected chi connectivity index (χ2v) is 9.34. The molecule has 0 saturated heterocycles. The molecule has 4 rings (SSSR count). The van der Waals surface area contributed by atoms with Crippen LogP contribution >= 0.6 is 0 Å². The number of ketones is 2. The summed E-state index contributed by atoms with van der Waals surface area (Å²) in [6, 6.07) is 4.10. The van der Waals surface area contributed by atoms with E-state index in [9.17, 15) is 30.0 Å². The van der Waals surface area contributed by atoms with E-state index in [-0.39, 0.29) is 64.7 Å². The van der Waals surface area contributed by atoms with Crippen LogP contribution < -0.4 is 10.5 Å². The summed E-state index contributed by atoms with van der Waals surface area (Å²) in [6.07, 6.45) is 1.13. The van der Waals surface area contributed by atoms with Gasteiger partial charge in [-0.1, -0.05) is 12.1 Å². The number of phenolic OH excluding ortho intramolecular Hbond substituents is 2. The fourth-order valence-corrected chi connectivity index (χ4v) is 4.90. The third-order valence-electron chi connectivity index (χ3n) is 7.17. The van der Waals surface area contributed by atoms with Crippen molar-refractivity contribution in [1.82, 2.24) is 0 Å². The fourth-order valence-electron chi connectivity index (χ4n) is 4.90. The molecule has 2 aromatic rings. The lowest BCUT2D eigenvalue weighted by Crippen LogP contribution is -2.44. The van der Waals surface area contributed by atoms with Crippen LogP contribution in [-0.2, 0) is 17.6 Å². The predicted octanol–water partition coefficient (Wildman–Crippen LogP) is 1.07. The molecular formula is C27H35NO9. The van der Waals surface area contributed by atoms with E-state index < -0.39 is 23.7 Å². The maximum absolute atomic E-state index is 13.1. The van der Waals surface area contributed by atoms with Gasteiger partial charge in [0.15, 0.2) is 5.78 Å². The molecule has 0 aliphatic heterocycles. The Labute approximate surface area is 215 Å². The van der Waals surface area contributed by atoms with Crippen molar-refractivity contribution in [2.45, 2.75) is 50.9 Å². The maximum atomic E-state index is 13.1. The lowest BCUT2D eigenvalue weighted by Gasteiger charge is -2.29. The Morgan fingerprint density at radius 2 is 1.68 bits per heavy atom. The first-order valence-corrected chi connectivity index (χ1v) is 12.2. The molecule has 10 heteroatoms. The number of hydrogen-bond acceptors (Lipinski definition) is 10. The third kappa shape index (κ3) is 5.34. The summed E-state index contributed by atoms with van der Waals surface area (Å²) in [6.45, 7) is 1.51. The van der Waals surface area contributed by atoms with Crippen LogP contribution in [0.4, 0.5) is 0 Å². The highest BCUT2D eigenvalue weighted by atomic mass is 16.5. The summed E-state index contributed by atoms with van der Waals surface area (Å²) in [7, 11) is 2.90. The van der Waals surface area contributed by atoms with Crippen LogP contribution in [0, 0.1) is 5.92 Å². The smallest absolute Gasteiger partial charge is 0.202 e. The number of aromatic hydroxyl groups is 2. The second-order valence-electron chi connectivity index (χ2n) is 9.34. The molecule has 2 aliphatic carbocycles. The van der Waals surface area contributed by atoms with Crippen LogP contribution in [0.1, 0.15) is 62.7 Å². The van der Waals surface area contributed by atoms with Crippen molar-refractivity contribution in [3.05, 3.63) is 51.6 Å². The first-order chi connectivity index (χ1) is 17.6. The van der Waals surface area contributed by atoms with Crippen molar-refractivity contribution >= 4 is 11.6 Å². The van der Waals surface area contributed by atoms with Crippen molar-refractivity contribution in [2.75, 3.05) is 27.4 Å². The van der Waals surface area contributed by atoms with E-state index in [4.69, 9.17) is 20.3 Å². The van der Waals surface area contributed by atoms with Crippen LogP contribution in [0.5, 0.6) is 17.2 Å². The zero-order chi connectivity index (χ0) is 27.4. The zero-order valence-electron chi connectivity index (χ0n) is 21.2. The van der Waals surface area contributed by atoms with Crippen LogP contribution in [-0.4, -0.2) is 82.8 Å². The largest absolute Gasteiger partial charge is 0.507 e. The molecular weight excluding hydrogens is 482 g/mol. The molecule has 0 saturated carbocycles. The van der Waals surface area contributed by atoms with E-state index >= 15 is 0 Å². The average Bonchev–Trinajstić information content (AvgIpc) is 2.92. The average molecular weight is 518 g/mol. The Kier molecular flexibility index (Phi) is 9.27. The Morgan fingerprint density at radius 3 is 2.27 bits per heavy atom. The van der Waals surface area contributed by atoms with Gasteiger partial charge in [-0.2, -0.15) is 0 Å². The highest BCUT2D eigenvalue weighted by molar-refractivity contribution is 6.31. The minimum absolute atomic E-state index is 0.0439. The number of fused-ring (bicyclic) bond motifs is 3. The summed E-state index contributed by atoms with van der Waals surface area (Å²) in [5.74, 6) is -1.06. The van der Waals surface area contributed by atoms with Crippen molar-refractivity contribution < 1.29 is 44.6 Å². The van der Waals surface area contributed by atoms with Crippen LogP contribution in [0.25, 0.3) is 0 Å². The number of benzene rings is 2. The van der Waals surface area contributed by atoms with Gasteiger partial charge < -0.3 is 40.7 Å². The summed E-state index contributed by atoms with van der Waals surface area (Å²) in [5, 5.41) is 48.6. The first kappa shape index (κ1) is 28.5. The Bertz CT molecular complexity index is 1150. The number of rotatable bonds is 7. The second kappa shape index (κ2) is 12.0. The standard InChI is InChI=1S/C21H20O6.C6H15NO3/c1-27-14-4-2-3-12-15(14)21(26)17-16(19(12)24)20(25)13-9-10(7-8-22)5-6-11(13)18(17)23;1-4(10-2)6(9)5(7)3-8/h2-4,10,22-23,25H,5-9H2,1H3;4-6,8-9H,3,7H2,1-2H3. The van der Waals surface area contributed by atoms with Crippen molar-refractivity contribution in [3.8, 4) is 17.2 Å². The number of aliphatic hydroxyl groups excluding tert-OH is 3. The molecule has 0 heterocycles. The van der Waals surface area contributed by atoms with Gasteiger partial charge in [-0.15, -0.1) is 0 Å². The third-order valence-corrected chi connectivity index (χ3v) is 7.17. The molecule has 2 aliphatic rings. The Morgan fingerprint density at radius 1 is 1.03 bits per heavy atom. The lowest BCUT2D eigenvalue weighted by atomic mass is 9.75. The quantitative estimate of drug-likeness (QED) is 0.248. The van der Waals surface area contributed by atoms with E-state index in [1.807, 2.05) is 0 Å². The van der Waals surface area contributed by atoms with Gasteiger partial charge in [0, 0.05) is 30.4 Å². The Hall–Kier alpha value is -3.02. The maximum Gasteiger partial charge on any atom is 0.202 e. The number of carbonyl (C=O) groups excluding carboxylic acids is 2. The van der Waals surface area contributed by atoms with Gasteiger partial charge in [-0.3, -0.25) is 9.59 Å². The van der Waals surface area contributed by atoms with E-state index in [0.717, 1.165) is 6.42 Å². The number of aliphatic hydroxyl groups is 3. The molecule has 37 heavy (non-hydrogen) atoms. The number of phenols is 2. The molecule has 4 unspecified atom stereocenters. The SMILES string of the molecule is COC(C)C(O)C(N)CO.COc1cccc2c1C(=O)c1c(O)c3c(c(O)c1C2=O)CC(CCO)CC3. The normalized spacial score (nSPS) is 18.5. The number of carbonyl (C=O) groups is 2. The van der Waals surface area contributed by atoms with Crippen LogP contribution in [0.15, 0.2) is 18.2 Å². The fraction of sp³-hybridized carbons (Fsp3) is 0.481. The molecule has 10 nitrogen and oxygen atoms in total. The lowest BCUT2D eigenvalue weighted by molar-refractivity contribution is -0.0219. The van der Waals surface area contributed by atoms with Gasteiger partial charge in [-0.05, 0) is 44.6 Å². The number of nitrogens with two attached hydrogens (primary N) is 1. The molecule has 0 fully saturated rings. The minimum Gasteiger partial charge on any atom is -0.507 e. The summed E-state index contributed by atoms with van der Waals surface area (Å²) >= 11 is 0. The van der Waals surface area contributed by atoms with E-state index in [0.29, 0.717) is 30.4 Å². The summed E-state index contributed by atoms with van der Waals surface area (Å²) in [5.41, 5.74) is 6.32. The number of ether oxygens (including phenoxy) is 2. The van der Waals surface area contributed by atoms with Gasteiger partial charge in [0.1, 0.15) is 17.2 Å². The molecule has 202 valence electrons. The first-order valence-electron chi connectivity index (χ1n) is 12.2. The number of hydrogen-bond donors (Lipinski definition) is 6. The molecule has 0 radical (unpaired) electrons. The van der Waals surface area contributed by atoms with Gasteiger partial charge in [0.2, 0.25) is 5.78 Å². The van der Waals surface area contributed by atoms with Gasteiger partial charge in [0.25, 0.3) is 0 Å². The molecule has 7 N–H and O–H groups in total. The van der Waals surface area contributed by atoms with Crippen LogP contribution in [0.3, 0.4) is 0 Å². The Balaban J connectivity index is 0.000000325. The summed E-state index contributed by atoms with van der Waals surface area (Å²) < 4.78 is 10.0. The van der Waals surface area contributed by atoms with Gasteiger partial charge in [-0.25, -0.2) is 0 Å². The van der Waals surface area contributed by atoms with Crippen molar-refractivity contribution in [1.29, 1.82) is 0 Å². The van der Waals surface area contributed by atoms with E-state index in [1.165, 1.54) is 20.3 Å². The van der Waals surface area contributed by atoms with Crippen LogP contribution in [0.2, 0.25) is 0 Å². The molecule has 2 aromatic carbocycles. The van der Waals surface area contributed by atoms with Crippen molar-refractivity contribution in [2.24, 2.45) is 11.7 Å². The molecule has 0 bridgehead atoms. The highest BCUT2D eigenvalue weighted by Crippen LogP contribution is 2.47. The number of methoxy groups -OCH3 is 2. The van der Waals surface area contributed by atoms with E-state index in [1.54, 1.807) is 19.1 Å². The zero-order valence-corrected chi connectivity index (χ0v) is 21.2. The predicted molar refractivity (Wildman–Crippen MR) is 134 cm³/mol. The molecule has 0 spiro atoms. The molecule has 0 aromatic heterocycles. The van der Waals surface area contributed by atoms with Crippen molar-refractivity contribution in [3.63, 3.8) is 0 Å². The summed E-state index contributed by atoms with van der Waals surface area (Å²) in [4.78, 5) is 26.2. The minimum atomic E-state index is -0.796. The monoisotopic (exact) mass is 517 g/mol. The van der Waals surface area contributed by atoms with Gasteiger partial charge >= 0.3 is 0 Å². The topological polar surface area (TPSA) is 180 Å².